The summed E-state index contributed by atoms with van der Waals surface area (Å²) in [6.07, 6.45) is 1.56. The van der Waals surface area contributed by atoms with Crippen LogP contribution in [0.5, 0.6) is 0 Å². The first-order valence-corrected chi connectivity index (χ1v) is 6.21. The molecule has 0 bridgehead atoms. The fourth-order valence-electron chi connectivity index (χ4n) is 1.65. The van der Waals surface area contributed by atoms with Crippen LogP contribution < -0.4 is 0 Å². The van der Waals surface area contributed by atoms with Crippen LogP contribution in [-0.2, 0) is 14.4 Å². The lowest BCUT2D eigenvalue weighted by Gasteiger charge is -2.18. The molecule has 1 aliphatic heterocycles. The summed E-state index contributed by atoms with van der Waals surface area (Å²) in [5.74, 6) is -0.436. The molecule has 0 aromatic heterocycles. The third-order valence-electron chi connectivity index (χ3n) is 2.76. The Morgan fingerprint density at radius 2 is 2.26 bits per heavy atom. The van der Waals surface area contributed by atoms with Gasteiger partial charge in [0.1, 0.15) is 6.04 Å². The van der Waals surface area contributed by atoms with E-state index < -0.39 is 18.2 Å². The standard InChI is InChI=1S/C11H21N3O5/c1-11(2,3)10(16)18-8-19-12-14(17)13-6-4-5-9(13)7-15/h9,15H,4-8H2,1-3H3/b14-12-. The van der Waals surface area contributed by atoms with E-state index in [0.29, 0.717) is 11.5 Å². The van der Waals surface area contributed by atoms with E-state index in [1.54, 1.807) is 20.8 Å². The lowest BCUT2D eigenvalue weighted by atomic mass is 9.98. The Hall–Kier alpha value is -1.57. The molecule has 1 rings (SSSR count). The summed E-state index contributed by atoms with van der Waals surface area (Å²) < 4.78 is 4.78. The van der Waals surface area contributed by atoms with Gasteiger partial charge in [-0.1, -0.05) is 0 Å². The summed E-state index contributed by atoms with van der Waals surface area (Å²) in [5.41, 5.74) is -0.628. The molecule has 8 nitrogen and oxygen atoms in total. The monoisotopic (exact) mass is 275 g/mol. The number of nitrogens with zero attached hydrogens (tertiary/aromatic N) is 3. The Bertz CT molecular complexity index is 340. The molecule has 1 aliphatic rings. The van der Waals surface area contributed by atoms with E-state index in [-0.39, 0.29) is 12.6 Å². The maximum absolute atomic E-state index is 11.6. The van der Waals surface area contributed by atoms with Crippen molar-refractivity contribution in [1.82, 2.24) is 5.01 Å². The van der Waals surface area contributed by atoms with Gasteiger partial charge in [0.05, 0.1) is 23.5 Å². The van der Waals surface area contributed by atoms with E-state index in [9.17, 15) is 10.0 Å². The minimum atomic E-state index is -0.628. The molecule has 0 spiro atoms. The molecule has 19 heavy (non-hydrogen) atoms. The van der Waals surface area contributed by atoms with Gasteiger partial charge in [-0.2, -0.15) is 0 Å². The largest absolute Gasteiger partial charge is 0.569 e. The second kappa shape index (κ2) is 6.55. The summed E-state index contributed by atoms with van der Waals surface area (Å²) >= 11 is 0. The SMILES string of the molecule is CC(C)(C)C(=O)OCO/N=[N+](\[O-])N1CCCC1CO. The molecular formula is C11H21N3O5. The van der Waals surface area contributed by atoms with E-state index in [1.807, 2.05) is 0 Å². The molecule has 0 radical (unpaired) electrons. The highest BCUT2D eigenvalue weighted by Gasteiger charge is 2.30. The summed E-state index contributed by atoms with van der Waals surface area (Å²) in [6, 6.07) is -0.234. The number of rotatable bonds is 5. The lowest BCUT2D eigenvalue weighted by molar-refractivity contribution is -0.715. The van der Waals surface area contributed by atoms with E-state index in [0.717, 1.165) is 12.8 Å². The first-order valence-electron chi connectivity index (χ1n) is 6.21. The van der Waals surface area contributed by atoms with Gasteiger partial charge in [0.15, 0.2) is 0 Å². The zero-order chi connectivity index (χ0) is 14.5. The van der Waals surface area contributed by atoms with Crippen LogP contribution in [0, 0.1) is 10.6 Å². The van der Waals surface area contributed by atoms with Crippen LogP contribution in [0.25, 0.3) is 0 Å². The summed E-state index contributed by atoms with van der Waals surface area (Å²) in [4.78, 5) is 16.3. The molecule has 8 heteroatoms. The number of ether oxygens (including phenoxy) is 1. The van der Waals surface area contributed by atoms with E-state index in [1.165, 1.54) is 5.01 Å². The van der Waals surface area contributed by atoms with Crippen LogP contribution >= 0.6 is 0 Å². The van der Waals surface area contributed by atoms with E-state index in [4.69, 9.17) is 9.84 Å². The van der Waals surface area contributed by atoms with Gasteiger partial charge < -0.3 is 19.9 Å². The topological polar surface area (TPSA) is 97.4 Å². The number of carbonyl (C=O) groups excluding carboxylic acids is 1. The first kappa shape index (κ1) is 15.5. The molecule has 0 aliphatic carbocycles. The smallest absolute Gasteiger partial charge is 0.314 e. The van der Waals surface area contributed by atoms with Gasteiger partial charge in [-0.05, 0) is 33.6 Å². The molecule has 1 saturated heterocycles. The molecule has 1 unspecified atom stereocenters. The van der Waals surface area contributed by atoms with Crippen molar-refractivity contribution < 1.29 is 24.4 Å². The molecule has 0 aromatic rings. The number of esters is 1. The van der Waals surface area contributed by atoms with Gasteiger partial charge in [0.2, 0.25) is 5.28 Å². The molecule has 0 amide bonds. The van der Waals surface area contributed by atoms with Crippen molar-refractivity contribution in [3.63, 3.8) is 0 Å². The molecule has 110 valence electrons. The van der Waals surface area contributed by atoms with Crippen molar-refractivity contribution >= 4 is 5.97 Å². The Kier molecular flexibility index (Phi) is 5.34. The van der Waals surface area contributed by atoms with Crippen molar-refractivity contribution in [2.24, 2.45) is 10.7 Å². The first-order chi connectivity index (χ1) is 8.86. The third kappa shape index (κ3) is 4.55. The Morgan fingerprint density at radius 1 is 1.58 bits per heavy atom. The lowest BCUT2D eigenvalue weighted by Crippen LogP contribution is -2.37. The fourth-order valence-corrected chi connectivity index (χ4v) is 1.65. The van der Waals surface area contributed by atoms with Crippen molar-refractivity contribution in [2.75, 3.05) is 19.9 Å². The molecular weight excluding hydrogens is 254 g/mol. The summed E-state index contributed by atoms with van der Waals surface area (Å²) in [6.45, 7) is 5.14. The quantitative estimate of drug-likeness (QED) is 0.199. The highest BCUT2D eigenvalue weighted by molar-refractivity contribution is 5.75. The summed E-state index contributed by atoms with van der Waals surface area (Å²) in [7, 11) is 0. The minimum Gasteiger partial charge on any atom is -0.569 e. The Balaban J connectivity index is 2.34. The van der Waals surface area contributed by atoms with Crippen LogP contribution in [0.4, 0.5) is 0 Å². The third-order valence-corrected chi connectivity index (χ3v) is 2.76. The van der Waals surface area contributed by atoms with Gasteiger partial charge in [0.25, 0.3) is 6.79 Å². The average molecular weight is 275 g/mol. The van der Waals surface area contributed by atoms with Crippen LogP contribution in [0.15, 0.2) is 5.28 Å². The molecule has 1 N–H and O–H groups in total. The molecule has 0 aromatic carbocycles. The van der Waals surface area contributed by atoms with Crippen molar-refractivity contribution in [1.29, 1.82) is 0 Å². The second-order valence-electron chi connectivity index (χ2n) is 5.40. The predicted octanol–water partition coefficient (Wildman–Crippen LogP) is 0.799. The Morgan fingerprint density at radius 3 is 2.84 bits per heavy atom. The number of aliphatic hydroxyl groups is 1. The maximum atomic E-state index is 11.6. The zero-order valence-corrected chi connectivity index (χ0v) is 11.5. The summed E-state index contributed by atoms with van der Waals surface area (Å²) in [5, 5.41) is 25.3. The predicted molar refractivity (Wildman–Crippen MR) is 64.4 cm³/mol. The van der Waals surface area contributed by atoms with E-state index >= 15 is 0 Å². The second-order valence-corrected chi connectivity index (χ2v) is 5.40. The van der Waals surface area contributed by atoms with Gasteiger partial charge in [-0.3, -0.25) is 4.79 Å². The highest BCUT2D eigenvalue weighted by atomic mass is 16.8. The fraction of sp³-hybridized carbons (Fsp3) is 0.909. The van der Waals surface area contributed by atoms with Crippen LogP contribution in [0.1, 0.15) is 33.6 Å². The van der Waals surface area contributed by atoms with Crippen LogP contribution in [-0.4, -0.2) is 47.0 Å². The minimum absolute atomic E-state index is 0.104. The number of hydrogen-bond donors (Lipinski definition) is 1. The number of aliphatic hydroxyl groups excluding tert-OH is 1. The number of hydrogen-bond acceptors (Lipinski definition) is 6. The molecule has 1 heterocycles. The van der Waals surface area contributed by atoms with Crippen LogP contribution in [0.3, 0.4) is 0 Å². The van der Waals surface area contributed by atoms with Gasteiger partial charge in [-0.25, -0.2) is 0 Å². The normalized spacial score (nSPS) is 20.5. The van der Waals surface area contributed by atoms with Crippen LogP contribution in [0.2, 0.25) is 0 Å². The Labute approximate surface area is 112 Å². The number of carbonyl (C=O) groups is 1. The van der Waals surface area contributed by atoms with E-state index in [2.05, 4.69) is 10.1 Å². The average Bonchev–Trinajstić information content (AvgIpc) is 2.81. The molecule has 1 atom stereocenters. The highest BCUT2D eigenvalue weighted by Crippen LogP contribution is 2.17. The molecule has 1 fully saturated rings. The number of hydrazine groups is 1. The van der Waals surface area contributed by atoms with Crippen molar-refractivity contribution in [3.05, 3.63) is 5.21 Å². The van der Waals surface area contributed by atoms with Crippen molar-refractivity contribution in [3.8, 4) is 0 Å². The van der Waals surface area contributed by atoms with Gasteiger partial charge in [0, 0.05) is 0 Å². The van der Waals surface area contributed by atoms with Gasteiger partial charge in [-0.15, -0.1) is 5.01 Å². The van der Waals surface area contributed by atoms with Crippen molar-refractivity contribution in [2.45, 2.75) is 39.7 Å². The molecule has 0 saturated carbocycles. The van der Waals surface area contributed by atoms with Gasteiger partial charge >= 0.3 is 5.97 Å². The zero-order valence-electron chi connectivity index (χ0n) is 11.5. The maximum Gasteiger partial charge on any atom is 0.314 e.